The lowest BCUT2D eigenvalue weighted by atomic mass is 10.0. The number of thiophene rings is 1. The predicted octanol–water partition coefficient (Wildman–Crippen LogP) is 5.62. The molecule has 170 valence electrons. The summed E-state index contributed by atoms with van der Waals surface area (Å²) >= 11 is 6.80. The molecule has 1 heterocycles. The Labute approximate surface area is 196 Å². The highest BCUT2D eigenvalue weighted by molar-refractivity contribution is 7.15. The Kier molecular flexibility index (Phi) is 7.04. The summed E-state index contributed by atoms with van der Waals surface area (Å²) in [7, 11) is 0. The van der Waals surface area contributed by atoms with Crippen molar-refractivity contribution in [3.63, 3.8) is 0 Å². The number of anilines is 1. The number of esters is 1. The van der Waals surface area contributed by atoms with E-state index in [0.29, 0.717) is 5.56 Å². The first-order chi connectivity index (χ1) is 15.6. The van der Waals surface area contributed by atoms with Gasteiger partial charge in [0.05, 0.1) is 22.0 Å². The van der Waals surface area contributed by atoms with Gasteiger partial charge in [0.15, 0.2) is 5.02 Å². The van der Waals surface area contributed by atoms with Crippen molar-refractivity contribution in [1.82, 2.24) is 0 Å². The van der Waals surface area contributed by atoms with Crippen LogP contribution in [0.4, 0.5) is 16.4 Å². The monoisotopic (exact) mass is 489 g/mol. The van der Waals surface area contributed by atoms with Gasteiger partial charge in [-0.1, -0.05) is 41.4 Å². The molecule has 3 aromatic rings. The molecular weight excluding hydrogens is 474 g/mol. The number of benzene rings is 2. The van der Waals surface area contributed by atoms with Crippen LogP contribution in [0.25, 0.3) is 11.1 Å². The zero-order chi connectivity index (χ0) is 24.3. The summed E-state index contributed by atoms with van der Waals surface area (Å²) in [5, 5.41) is 26.1. The second kappa shape index (κ2) is 9.76. The largest absolute Gasteiger partial charge is 0.462 e. The first kappa shape index (κ1) is 23.8. The Morgan fingerprint density at radius 2 is 1.67 bits per heavy atom. The van der Waals surface area contributed by atoms with Crippen molar-refractivity contribution in [3.8, 4) is 11.1 Å². The maximum atomic E-state index is 12.9. The first-order valence-corrected chi connectivity index (χ1v) is 10.7. The minimum atomic E-state index is -0.920. The van der Waals surface area contributed by atoms with Crippen LogP contribution in [-0.2, 0) is 4.74 Å². The van der Waals surface area contributed by atoms with Gasteiger partial charge in [-0.25, -0.2) is 4.79 Å². The normalized spacial score (nSPS) is 10.5. The fourth-order valence-electron chi connectivity index (χ4n) is 2.97. The molecule has 1 N–H and O–H groups in total. The molecule has 1 aromatic heterocycles. The molecule has 0 bridgehead atoms. The van der Waals surface area contributed by atoms with Crippen LogP contribution in [0, 0.1) is 27.2 Å². The minimum absolute atomic E-state index is 0.102. The molecule has 0 saturated heterocycles. The number of nitro groups is 2. The van der Waals surface area contributed by atoms with Crippen LogP contribution in [0.15, 0.2) is 41.8 Å². The van der Waals surface area contributed by atoms with Crippen LogP contribution in [0.2, 0.25) is 5.02 Å². The van der Waals surface area contributed by atoms with E-state index in [1.54, 1.807) is 12.3 Å². The molecule has 0 aliphatic heterocycles. The van der Waals surface area contributed by atoms with Gasteiger partial charge in [0.1, 0.15) is 10.6 Å². The number of hydrogen-bond acceptors (Lipinski definition) is 8. The Balaban J connectivity index is 2.05. The van der Waals surface area contributed by atoms with E-state index in [1.165, 1.54) is 0 Å². The Morgan fingerprint density at radius 3 is 2.18 bits per heavy atom. The number of nitrogens with one attached hydrogen (secondary N) is 1. The number of amides is 1. The lowest BCUT2D eigenvalue weighted by Gasteiger charge is -2.09. The molecule has 3 rings (SSSR count). The van der Waals surface area contributed by atoms with Gasteiger partial charge < -0.3 is 10.1 Å². The maximum Gasteiger partial charge on any atom is 0.341 e. The fourth-order valence-corrected chi connectivity index (χ4v) is 4.17. The Bertz CT molecular complexity index is 1240. The van der Waals surface area contributed by atoms with E-state index in [0.717, 1.165) is 34.6 Å². The van der Waals surface area contributed by atoms with E-state index in [1.807, 2.05) is 31.2 Å². The molecule has 10 nitrogen and oxygen atoms in total. The van der Waals surface area contributed by atoms with Gasteiger partial charge in [0.25, 0.3) is 17.3 Å². The number of nitro benzene ring substituents is 2. The summed E-state index contributed by atoms with van der Waals surface area (Å²) in [4.78, 5) is 46.2. The maximum absolute atomic E-state index is 12.9. The number of carbonyl (C=O) groups is 2. The highest BCUT2D eigenvalue weighted by Crippen LogP contribution is 2.38. The van der Waals surface area contributed by atoms with Crippen molar-refractivity contribution in [2.24, 2.45) is 0 Å². The van der Waals surface area contributed by atoms with Crippen LogP contribution in [0.3, 0.4) is 0 Å². The number of aryl methyl sites for hydroxylation is 1. The average Bonchev–Trinajstić information content (AvgIpc) is 3.17. The van der Waals surface area contributed by atoms with E-state index >= 15 is 0 Å². The van der Waals surface area contributed by atoms with Gasteiger partial charge in [-0.2, -0.15) is 0 Å². The quantitative estimate of drug-likeness (QED) is 0.257. The zero-order valence-electron chi connectivity index (χ0n) is 17.3. The molecule has 0 aliphatic carbocycles. The molecule has 0 radical (unpaired) electrons. The van der Waals surface area contributed by atoms with Gasteiger partial charge in [-0.05, 0) is 19.4 Å². The van der Waals surface area contributed by atoms with Gasteiger partial charge in [-0.15, -0.1) is 11.3 Å². The third-order valence-electron chi connectivity index (χ3n) is 4.55. The smallest absolute Gasteiger partial charge is 0.341 e. The number of carbonyl (C=O) groups excluding carboxylic acids is 2. The second-order valence-corrected chi connectivity index (χ2v) is 7.99. The van der Waals surface area contributed by atoms with Crippen LogP contribution in [-0.4, -0.2) is 28.3 Å². The highest BCUT2D eigenvalue weighted by Gasteiger charge is 2.29. The summed E-state index contributed by atoms with van der Waals surface area (Å²) in [6, 6.07) is 9.04. The van der Waals surface area contributed by atoms with Crippen LogP contribution in [0.1, 0.15) is 33.2 Å². The summed E-state index contributed by atoms with van der Waals surface area (Å²) in [6.07, 6.45) is 0. The standard InChI is InChI=1S/C21H16ClN3O7S/c1-3-32-21(27)17-14(12-6-4-11(2)5-7-12)10-33-20(17)23-19(26)13-8-15(24(28)29)18(22)16(9-13)25(30)31/h4-10H,3H2,1-2H3,(H,23,26). The number of rotatable bonds is 7. The van der Waals surface area contributed by atoms with Crippen LogP contribution < -0.4 is 5.32 Å². The molecule has 0 spiro atoms. The molecule has 0 aliphatic rings. The van der Waals surface area contributed by atoms with Gasteiger partial charge in [0, 0.05) is 23.1 Å². The van der Waals surface area contributed by atoms with Crippen molar-refractivity contribution >= 4 is 51.2 Å². The first-order valence-electron chi connectivity index (χ1n) is 9.43. The topological polar surface area (TPSA) is 142 Å². The molecule has 0 saturated carbocycles. The minimum Gasteiger partial charge on any atom is -0.462 e. The van der Waals surface area contributed by atoms with Crippen molar-refractivity contribution in [2.75, 3.05) is 11.9 Å². The van der Waals surface area contributed by atoms with E-state index < -0.39 is 38.1 Å². The van der Waals surface area contributed by atoms with Gasteiger partial charge in [-0.3, -0.25) is 25.0 Å². The summed E-state index contributed by atoms with van der Waals surface area (Å²) < 4.78 is 5.14. The molecule has 1 amide bonds. The van der Waals surface area contributed by atoms with E-state index in [4.69, 9.17) is 16.3 Å². The van der Waals surface area contributed by atoms with E-state index in [2.05, 4.69) is 5.32 Å². The van der Waals surface area contributed by atoms with E-state index in [9.17, 15) is 29.8 Å². The Hall–Kier alpha value is -3.83. The number of halogens is 1. The summed E-state index contributed by atoms with van der Waals surface area (Å²) in [5.41, 5.74) is 0.447. The SMILES string of the molecule is CCOC(=O)c1c(-c2ccc(C)cc2)csc1NC(=O)c1cc([N+](=O)[O-])c(Cl)c([N+](=O)[O-])c1. The van der Waals surface area contributed by atoms with Crippen molar-refractivity contribution < 1.29 is 24.2 Å². The van der Waals surface area contributed by atoms with Crippen molar-refractivity contribution in [2.45, 2.75) is 13.8 Å². The van der Waals surface area contributed by atoms with Crippen LogP contribution in [0.5, 0.6) is 0 Å². The second-order valence-electron chi connectivity index (χ2n) is 6.74. The number of nitrogens with zero attached hydrogens (tertiary/aromatic N) is 2. The summed E-state index contributed by atoms with van der Waals surface area (Å²) in [5.74, 6) is -1.56. The molecule has 0 atom stereocenters. The highest BCUT2D eigenvalue weighted by atomic mass is 35.5. The number of hydrogen-bond donors (Lipinski definition) is 1. The average molecular weight is 490 g/mol. The molecular formula is C21H16ClN3O7S. The Morgan fingerprint density at radius 1 is 1.09 bits per heavy atom. The molecule has 0 fully saturated rings. The number of ether oxygens (including phenoxy) is 1. The lowest BCUT2D eigenvalue weighted by Crippen LogP contribution is -2.15. The van der Waals surface area contributed by atoms with Gasteiger partial charge in [0.2, 0.25) is 0 Å². The molecule has 33 heavy (non-hydrogen) atoms. The third kappa shape index (κ3) is 4.99. The van der Waals surface area contributed by atoms with Crippen molar-refractivity contribution in [3.05, 3.63) is 83.7 Å². The zero-order valence-corrected chi connectivity index (χ0v) is 18.9. The molecule has 0 unspecified atom stereocenters. The van der Waals surface area contributed by atoms with Crippen molar-refractivity contribution in [1.29, 1.82) is 0 Å². The fraction of sp³-hybridized carbons (Fsp3) is 0.143. The predicted molar refractivity (Wildman–Crippen MR) is 123 cm³/mol. The lowest BCUT2D eigenvalue weighted by molar-refractivity contribution is -0.393. The molecule has 12 heteroatoms. The third-order valence-corrected chi connectivity index (χ3v) is 5.83. The van der Waals surface area contributed by atoms with E-state index in [-0.39, 0.29) is 22.7 Å². The molecule has 2 aromatic carbocycles. The van der Waals surface area contributed by atoms with Gasteiger partial charge >= 0.3 is 5.97 Å². The van der Waals surface area contributed by atoms with Crippen LogP contribution >= 0.6 is 22.9 Å². The summed E-state index contributed by atoms with van der Waals surface area (Å²) in [6.45, 7) is 3.66.